The fourth-order valence-electron chi connectivity index (χ4n) is 3.62. The fourth-order valence-corrected chi connectivity index (χ4v) is 5.51. The molecular formula is C26H22N8O2S2. The van der Waals surface area contributed by atoms with Gasteiger partial charge in [0.1, 0.15) is 26.4 Å². The van der Waals surface area contributed by atoms with Gasteiger partial charge in [-0.1, -0.05) is 30.3 Å². The smallest absolute Gasteiger partial charge is 0.320 e. The first-order chi connectivity index (χ1) is 18.6. The normalized spacial score (nSPS) is 10.8. The predicted octanol–water partition coefficient (Wildman–Crippen LogP) is 4.74. The Labute approximate surface area is 226 Å². The minimum atomic E-state index is -0.364. The van der Waals surface area contributed by atoms with Gasteiger partial charge in [0.25, 0.3) is 0 Å². The van der Waals surface area contributed by atoms with E-state index in [1.165, 1.54) is 22.7 Å². The van der Waals surface area contributed by atoms with Gasteiger partial charge in [-0.15, -0.1) is 22.7 Å². The summed E-state index contributed by atoms with van der Waals surface area (Å²) in [6.07, 6.45) is 4.80. The van der Waals surface area contributed by atoms with Crippen molar-refractivity contribution in [2.75, 3.05) is 18.4 Å². The number of carbonyl (C=O) groups is 2. The number of anilines is 1. The molecule has 0 aliphatic rings. The molecule has 0 aliphatic carbocycles. The number of hydrogen-bond acceptors (Lipinski definition) is 10. The molecule has 1 aromatic carbocycles. The van der Waals surface area contributed by atoms with Gasteiger partial charge < -0.3 is 11.1 Å². The van der Waals surface area contributed by atoms with Crippen molar-refractivity contribution in [3.05, 3.63) is 71.3 Å². The maximum absolute atomic E-state index is 12.7. The summed E-state index contributed by atoms with van der Waals surface area (Å²) in [5.74, 6) is 0.421. The molecule has 5 rings (SSSR count). The second-order valence-corrected chi connectivity index (χ2v) is 9.76. The van der Waals surface area contributed by atoms with Gasteiger partial charge in [-0.25, -0.2) is 29.7 Å². The molecule has 0 spiro atoms. The van der Waals surface area contributed by atoms with Gasteiger partial charge in [-0.2, -0.15) is 0 Å². The lowest BCUT2D eigenvalue weighted by Gasteiger charge is -2.09. The number of nitrogens with zero attached hydrogens (tertiary/aromatic N) is 5. The number of Topliss-reactive ketones (excluding diaryl/α,β-unsaturated/α-hetero) is 1. The lowest BCUT2D eigenvalue weighted by atomic mass is 10.1. The molecule has 0 saturated heterocycles. The molecule has 0 unspecified atom stereocenters. The molecule has 38 heavy (non-hydrogen) atoms. The molecule has 4 heterocycles. The van der Waals surface area contributed by atoms with E-state index < -0.39 is 0 Å². The molecule has 0 saturated carbocycles. The van der Waals surface area contributed by atoms with Crippen LogP contribution in [-0.2, 0) is 0 Å². The fraction of sp³-hybridized carbons (Fsp3) is 0.115. The first-order valence-electron chi connectivity index (χ1n) is 11.7. The van der Waals surface area contributed by atoms with Crippen LogP contribution in [0.3, 0.4) is 0 Å². The first-order valence-corrected chi connectivity index (χ1v) is 13.3. The highest BCUT2D eigenvalue weighted by atomic mass is 32.1. The molecule has 5 aromatic rings. The zero-order valence-electron chi connectivity index (χ0n) is 20.2. The summed E-state index contributed by atoms with van der Waals surface area (Å²) < 4.78 is 0. The Kier molecular flexibility index (Phi) is 7.54. The molecule has 4 aromatic heterocycles. The Hall–Kier alpha value is -4.39. The van der Waals surface area contributed by atoms with Crippen molar-refractivity contribution in [3.63, 3.8) is 0 Å². The Bertz CT molecular complexity index is 1590. The van der Waals surface area contributed by atoms with Crippen molar-refractivity contribution in [1.29, 1.82) is 0 Å². The summed E-state index contributed by atoms with van der Waals surface area (Å²) in [4.78, 5) is 47.8. The molecule has 10 nitrogen and oxygen atoms in total. The Morgan fingerprint density at radius 1 is 0.974 bits per heavy atom. The number of urea groups is 1. The van der Waals surface area contributed by atoms with Crippen molar-refractivity contribution in [3.8, 4) is 43.9 Å². The first kappa shape index (κ1) is 25.3. The third-order valence-corrected chi connectivity index (χ3v) is 7.37. The molecule has 0 atom stereocenters. The van der Waals surface area contributed by atoms with Gasteiger partial charge in [0, 0.05) is 47.2 Å². The molecule has 0 radical (unpaired) electrons. The summed E-state index contributed by atoms with van der Waals surface area (Å²) in [5, 5.41) is 8.66. The number of nitrogens with two attached hydrogens (primary N) is 1. The SMILES string of the molecule is CCNC(=O)Nc1cc(-c2nc(-c3ccccc3)cs2)c(-c2nc(-c3ncccn3)c(C(=O)CN)s2)cn1. The van der Waals surface area contributed by atoms with Gasteiger partial charge in [0.15, 0.2) is 11.6 Å². The highest BCUT2D eigenvalue weighted by molar-refractivity contribution is 7.17. The predicted molar refractivity (Wildman–Crippen MR) is 149 cm³/mol. The maximum Gasteiger partial charge on any atom is 0.320 e. The minimum Gasteiger partial charge on any atom is -0.338 e. The standard InChI is InChI=1S/C26H22N8O2S2/c1-2-28-26(36)33-20-11-16(24-32-18(14-37-24)15-7-4-3-5-8-15)17(13-31-20)25-34-21(22(38-25)19(35)12-27)23-29-9-6-10-30-23/h3-11,13-14H,2,12,27H2,1H3,(H2,28,31,33,36). The Morgan fingerprint density at radius 2 is 1.76 bits per heavy atom. The highest BCUT2D eigenvalue weighted by Crippen LogP contribution is 2.40. The van der Waals surface area contributed by atoms with E-state index in [0.29, 0.717) is 49.9 Å². The summed E-state index contributed by atoms with van der Waals surface area (Å²) in [6.45, 7) is 2.14. The van der Waals surface area contributed by atoms with Crippen LogP contribution in [0.1, 0.15) is 16.6 Å². The van der Waals surface area contributed by atoms with Gasteiger partial charge in [0.2, 0.25) is 0 Å². The van der Waals surface area contributed by atoms with E-state index in [2.05, 4.69) is 25.6 Å². The van der Waals surface area contributed by atoms with E-state index >= 15 is 0 Å². The van der Waals surface area contributed by atoms with E-state index in [1.807, 2.05) is 42.6 Å². The van der Waals surface area contributed by atoms with Crippen LogP contribution < -0.4 is 16.4 Å². The highest BCUT2D eigenvalue weighted by Gasteiger charge is 2.24. The topological polar surface area (TPSA) is 149 Å². The average Bonchev–Trinajstić information content (AvgIpc) is 3.62. The maximum atomic E-state index is 12.7. The zero-order chi connectivity index (χ0) is 26.5. The monoisotopic (exact) mass is 542 g/mol. The summed E-state index contributed by atoms with van der Waals surface area (Å²) in [7, 11) is 0. The van der Waals surface area contributed by atoms with E-state index in [-0.39, 0.29) is 18.4 Å². The van der Waals surface area contributed by atoms with Crippen molar-refractivity contribution in [1.82, 2.24) is 30.2 Å². The van der Waals surface area contributed by atoms with Crippen LogP contribution in [0.15, 0.2) is 66.4 Å². The number of ketones is 1. The quantitative estimate of drug-likeness (QED) is 0.238. The molecule has 12 heteroatoms. The number of rotatable bonds is 8. The van der Waals surface area contributed by atoms with Crippen LogP contribution in [0.5, 0.6) is 0 Å². The van der Waals surface area contributed by atoms with Gasteiger partial charge in [0.05, 0.1) is 12.2 Å². The van der Waals surface area contributed by atoms with Crippen LogP contribution in [0, 0.1) is 0 Å². The summed E-state index contributed by atoms with van der Waals surface area (Å²) >= 11 is 2.66. The average molecular weight is 543 g/mol. The number of benzene rings is 1. The molecule has 0 fully saturated rings. The zero-order valence-corrected chi connectivity index (χ0v) is 21.8. The second-order valence-electron chi connectivity index (χ2n) is 7.90. The summed E-state index contributed by atoms with van der Waals surface area (Å²) in [6, 6.07) is 12.9. The number of pyridine rings is 1. The van der Waals surface area contributed by atoms with Crippen LogP contribution in [0.25, 0.3) is 43.9 Å². The van der Waals surface area contributed by atoms with Crippen LogP contribution in [0.2, 0.25) is 0 Å². The molecule has 0 bridgehead atoms. The molecule has 2 amide bonds. The lowest BCUT2D eigenvalue weighted by Crippen LogP contribution is -2.28. The Morgan fingerprint density at radius 3 is 2.50 bits per heavy atom. The number of aromatic nitrogens is 5. The van der Waals surface area contributed by atoms with E-state index in [0.717, 1.165) is 11.3 Å². The third kappa shape index (κ3) is 5.32. The molecule has 4 N–H and O–H groups in total. The number of nitrogens with one attached hydrogen (secondary N) is 2. The number of thiazole rings is 2. The number of amides is 2. The largest absolute Gasteiger partial charge is 0.338 e. The molecular weight excluding hydrogens is 520 g/mol. The van der Waals surface area contributed by atoms with Crippen LogP contribution >= 0.6 is 22.7 Å². The minimum absolute atomic E-state index is 0.172. The van der Waals surface area contributed by atoms with Crippen molar-refractivity contribution < 1.29 is 9.59 Å². The molecule has 0 aliphatic heterocycles. The molecule has 190 valence electrons. The van der Waals surface area contributed by atoms with Crippen molar-refractivity contribution in [2.24, 2.45) is 5.73 Å². The van der Waals surface area contributed by atoms with E-state index in [4.69, 9.17) is 15.7 Å². The number of hydrogen-bond donors (Lipinski definition) is 3. The van der Waals surface area contributed by atoms with Gasteiger partial charge in [-0.3, -0.25) is 10.1 Å². The van der Waals surface area contributed by atoms with Crippen LogP contribution in [0.4, 0.5) is 10.6 Å². The van der Waals surface area contributed by atoms with Crippen LogP contribution in [-0.4, -0.2) is 49.8 Å². The lowest BCUT2D eigenvalue weighted by molar-refractivity contribution is 0.101. The third-order valence-electron chi connectivity index (χ3n) is 5.36. The van der Waals surface area contributed by atoms with E-state index in [9.17, 15) is 9.59 Å². The summed E-state index contributed by atoms with van der Waals surface area (Å²) in [5.41, 5.74) is 9.22. The van der Waals surface area contributed by atoms with Crippen molar-refractivity contribution >= 4 is 40.3 Å². The van der Waals surface area contributed by atoms with Gasteiger partial charge in [-0.05, 0) is 19.1 Å². The second kappa shape index (κ2) is 11.3. The Balaban J connectivity index is 1.64. The van der Waals surface area contributed by atoms with Gasteiger partial charge >= 0.3 is 6.03 Å². The van der Waals surface area contributed by atoms with E-state index in [1.54, 1.807) is 30.7 Å². The number of carbonyl (C=O) groups excluding carboxylic acids is 2. The van der Waals surface area contributed by atoms with Crippen molar-refractivity contribution in [2.45, 2.75) is 6.92 Å².